The summed E-state index contributed by atoms with van der Waals surface area (Å²) in [6.07, 6.45) is 0.688. The van der Waals surface area contributed by atoms with Gasteiger partial charge < -0.3 is 10.1 Å². The second-order valence-electron chi connectivity index (χ2n) is 6.89. The number of carbonyl (C=O) groups excluding carboxylic acids is 1. The van der Waals surface area contributed by atoms with Crippen molar-refractivity contribution in [2.24, 2.45) is 0 Å². The maximum atomic E-state index is 13.1. The summed E-state index contributed by atoms with van der Waals surface area (Å²) >= 11 is 9.21. The van der Waals surface area contributed by atoms with Crippen molar-refractivity contribution >= 4 is 54.8 Å². The predicted molar refractivity (Wildman–Crippen MR) is 124 cm³/mol. The molecule has 0 radical (unpaired) electrons. The largest absolute Gasteiger partial charge is 0.483 e. The number of hydrogen-bond donors (Lipinski definition) is 1. The fourth-order valence-corrected chi connectivity index (χ4v) is 5.63. The Kier molecular flexibility index (Phi) is 6.22. The first-order valence-corrected chi connectivity index (χ1v) is 12.0. The molecule has 3 aromatic carbocycles. The van der Waals surface area contributed by atoms with E-state index < -0.39 is 10.0 Å². The molecule has 0 aromatic heterocycles. The van der Waals surface area contributed by atoms with Gasteiger partial charge in [0.1, 0.15) is 5.75 Å². The molecule has 6 nitrogen and oxygen atoms in total. The van der Waals surface area contributed by atoms with Crippen LogP contribution in [-0.2, 0) is 21.2 Å². The molecular formula is C22H18BrClN2O4S. The molecule has 1 aliphatic rings. The smallest absolute Gasteiger partial charge is 0.264 e. The summed E-state index contributed by atoms with van der Waals surface area (Å²) in [7, 11) is -3.67. The van der Waals surface area contributed by atoms with E-state index in [0.717, 1.165) is 5.56 Å². The molecule has 0 atom stereocenters. The number of nitrogens with one attached hydrogen (secondary N) is 1. The first kappa shape index (κ1) is 21.7. The number of carbonyl (C=O) groups is 1. The van der Waals surface area contributed by atoms with Gasteiger partial charge in [0.05, 0.1) is 15.1 Å². The Morgan fingerprint density at radius 1 is 1.10 bits per heavy atom. The molecule has 31 heavy (non-hydrogen) atoms. The van der Waals surface area contributed by atoms with Crippen LogP contribution in [-0.4, -0.2) is 27.5 Å². The van der Waals surface area contributed by atoms with Gasteiger partial charge in [-0.15, -0.1) is 0 Å². The van der Waals surface area contributed by atoms with Gasteiger partial charge >= 0.3 is 0 Å². The number of anilines is 2. The van der Waals surface area contributed by atoms with Crippen LogP contribution in [0.1, 0.15) is 5.56 Å². The predicted octanol–water partition coefficient (Wildman–Crippen LogP) is 4.87. The van der Waals surface area contributed by atoms with Crippen molar-refractivity contribution in [1.82, 2.24) is 0 Å². The summed E-state index contributed by atoms with van der Waals surface area (Å²) in [5.41, 5.74) is 2.21. The van der Waals surface area contributed by atoms with Crippen LogP contribution in [0.3, 0.4) is 0 Å². The minimum absolute atomic E-state index is 0.170. The van der Waals surface area contributed by atoms with Crippen molar-refractivity contribution < 1.29 is 17.9 Å². The summed E-state index contributed by atoms with van der Waals surface area (Å²) < 4.78 is 33.7. The summed E-state index contributed by atoms with van der Waals surface area (Å²) in [6.45, 7) is 0.211. The van der Waals surface area contributed by atoms with Crippen LogP contribution in [0.5, 0.6) is 5.75 Å². The lowest BCUT2D eigenvalue weighted by Gasteiger charge is -2.19. The monoisotopic (exact) mass is 520 g/mol. The Hall–Kier alpha value is -2.55. The summed E-state index contributed by atoms with van der Waals surface area (Å²) in [5, 5.41) is 3.25. The Morgan fingerprint density at radius 2 is 1.84 bits per heavy atom. The quantitative estimate of drug-likeness (QED) is 0.502. The van der Waals surface area contributed by atoms with Gasteiger partial charge in [-0.25, -0.2) is 8.42 Å². The molecule has 1 amide bonds. The molecule has 1 N–H and O–H groups in total. The topological polar surface area (TPSA) is 75.7 Å². The Morgan fingerprint density at radius 3 is 2.58 bits per heavy atom. The minimum atomic E-state index is -3.67. The zero-order valence-electron chi connectivity index (χ0n) is 16.2. The molecule has 0 aliphatic carbocycles. The molecule has 0 saturated carbocycles. The van der Waals surface area contributed by atoms with Crippen LogP contribution in [0.2, 0.25) is 5.02 Å². The number of halogens is 2. The fourth-order valence-electron chi connectivity index (χ4n) is 3.33. The van der Waals surface area contributed by atoms with Crippen LogP contribution in [0, 0.1) is 0 Å². The third kappa shape index (κ3) is 4.71. The van der Waals surface area contributed by atoms with E-state index >= 15 is 0 Å². The average molecular weight is 522 g/mol. The van der Waals surface area contributed by atoms with E-state index in [-0.39, 0.29) is 17.4 Å². The molecule has 9 heteroatoms. The number of benzene rings is 3. The second-order valence-corrected chi connectivity index (χ2v) is 10.0. The lowest BCUT2D eigenvalue weighted by atomic mass is 10.2. The number of rotatable bonds is 6. The van der Waals surface area contributed by atoms with Crippen LogP contribution < -0.4 is 14.4 Å². The van der Waals surface area contributed by atoms with Gasteiger partial charge in [0.25, 0.3) is 15.9 Å². The van der Waals surface area contributed by atoms with E-state index in [1.807, 2.05) is 24.3 Å². The number of sulfonamides is 1. The first-order chi connectivity index (χ1) is 14.8. The lowest BCUT2D eigenvalue weighted by Crippen LogP contribution is -2.29. The maximum Gasteiger partial charge on any atom is 0.264 e. The van der Waals surface area contributed by atoms with Crippen molar-refractivity contribution in [3.63, 3.8) is 0 Å². The molecule has 0 fully saturated rings. The van der Waals surface area contributed by atoms with E-state index in [9.17, 15) is 13.2 Å². The molecule has 0 spiro atoms. The van der Waals surface area contributed by atoms with E-state index in [2.05, 4.69) is 21.2 Å². The average Bonchev–Trinajstić information content (AvgIpc) is 3.18. The fraction of sp³-hybridized carbons (Fsp3) is 0.136. The number of ether oxygens (including phenoxy) is 1. The van der Waals surface area contributed by atoms with Crippen molar-refractivity contribution in [1.29, 1.82) is 0 Å². The highest BCUT2D eigenvalue weighted by molar-refractivity contribution is 9.10. The highest BCUT2D eigenvalue weighted by Crippen LogP contribution is 2.33. The van der Waals surface area contributed by atoms with Gasteiger partial charge in [0.2, 0.25) is 0 Å². The van der Waals surface area contributed by atoms with Crippen molar-refractivity contribution in [3.8, 4) is 5.75 Å². The Balaban J connectivity index is 1.40. The zero-order chi connectivity index (χ0) is 22.0. The van der Waals surface area contributed by atoms with Crippen LogP contribution in [0.15, 0.2) is 76.1 Å². The zero-order valence-corrected chi connectivity index (χ0v) is 19.4. The highest BCUT2D eigenvalue weighted by atomic mass is 79.9. The van der Waals surface area contributed by atoms with Crippen molar-refractivity contribution in [2.75, 3.05) is 22.8 Å². The third-order valence-electron chi connectivity index (χ3n) is 4.82. The molecule has 0 bridgehead atoms. The normalized spacial score (nSPS) is 13.0. The van der Waals surface area contributed by atoms with E-state index in [0.29, 0.717) is 39.6 Å². The van der Waals surface area contributed by atoms with E-state index in [1.54, 1.807) is 30.3 Å². The molecule has 0 saturated heterocycles. The summed E-state index contributed by atoms with van der Waals surface area (Å²) in [4.78, 5) is 12.4. The standard InChI is InChI=1S/C22H18BrClN2O4S/c23-19-13-16(24)5-10-21(19)30-14-22(27)25-17-6-8-18(9-7-17)31(28,29)26-12-11-15-3-1-2-4-20(15)26/h1-10,13H,11-12,14H2,(H,25,27). The van der Waals surface area contributed by atoms with Gasteiger partial charge in [-0.3, -0.25) is 9.10 Å². The molecule has 3 aromatic rings. The van der Waals surface area contributed by atoms with E-state index in [4.69, 9.17) is 16.3 Å². The molecule has 0 unspecified atom stereocenters. The molecule has 1 aliphatic heterocycles. The molecule has 4 rings (SSSR count). The number of amides is 1. The maximum absolute atomic E-state index is 13.1. The van der Waals surface area contributed by atoms with Crippen molar-refractivity contribution in [3.05, 3.63) is 81.8 Å². The van der Waals surface area contributed by atoms with Crippen LogP contribution >= 0.6 is 27.5 Å². The SMILES string of the molecule is O=C(COc1ccc(Cl)cc1Br)Nc1ccc(S(=O)(=O)N2CCc3ccccc32)cc1. The van der Waals surface area contributed by atoms with Gasteiger partial charge in [0, 0.05) is 17.3 Å². The lowest BCUT2D eigenvalue weighted by molar-refractivity contribution is -0.118. The summed E-state index contributed by atoms with van der Waals surface area (Å²) in [6, 6.07) is 18.6. The first-order valence-electron chi connectivity index (χ1n) is 9.43. The molecule has 160 valence electrons. The second kappa shape index (κ2) is 8.90. The molecular weight excluding hydrogens is 504 g/mol. The number of para-hydroxylation sites is 1. The van der Waals surface area contributed by atoms with Gasteiger partial charge in [0.15, 0.2) is 6.61 Å². The number of hydrogen-bond acceptors (Lipinski definition) is 4. The van der Waals surface area contributed by atoms with Gasteiger partial charge in [-0.05, 0) is 76.4 Å². The molecule has 1 heterocycles. The Labute approximate surface area is 194 Å². The minimum Gasteiger partial charge on any atom is -0.483 e. The van der Waals surface area contributed by atoms with E-state index in [1.165, 1.54) is 16.4 Å². The third-order valence-corrected chi connectivity index (χ3v) is 7.51. The van der Waals surface area contributed by atoms with Crippen molar-refractivity contribution in [2.45, 2.75) is 11.3 Å². The van der Waals surface area contributed by atoms with Crippen LogP contribution in [0.25, 0.3) is 0 Å². The van der Waals surface area contributed by atoms with Crippen LogP contribution in [0.4, 0.5) is 11.4 Å². The van der Waals surface area contributed by atoms with Gasteiger partial charge in [-0.1, -0.05) is 29.8 Å². The number of nitrogens with zero attached hydrogens (tertiary/aromatic N) is 1. The Bertz CT molecular complexity index is 1230. The summed E-state index contributed by atoms with van der Waals surface area (Å²) in [5.74, 6) is 0.123. The number of fused-ring (bicyclic) bond motifs is 1. The van der Waals surface area contributed by atoms with Gasteiger partial charge in [-0.2, -0.15) is 0 Å². The highest BCUT2D eigenvalue weighted by Gasteiger charge is 2.30.